The van der Waals surface area contributed by atoms with Gasteiger partial charge in [-0.1, -0.05) is 23.7 Å². The molecule has 1 saturated heterocycles. The summed E-state index contributed by atoms with van der Waals surface area (Å²) >= 11 is 6.13. The Morgan fingerprint density at radius 1 is 1.21 bits per heavy atom. The van der Waals surface area contributed by atoms with Crippen LogP contribution in [0.15, 0.2) is 54.9 Å². The van der Waals surface area contributed by atoms with Crippen molar-refractivity contribution in [1.29, 1.82) is 0 Å². The summed E-state index contributed by atoms with van der Waals surface area (Å²) < 4.78 is 34.7. The molecule has 3 N–H and O–H groups in total. The lowest BCUT2D eigenvalue weighted by Crippen LogP contribution is -2.58. The molecular formula is C25H26ClF2N7O4. The molecule has 2 aromatic heterocycles. The molecule has 0 radical (unpaired) electrons. The van der Waals surface area contributed by atoms with Gasteiger partial charge in [0.15, 0.2) is 0 Å². The number of methoxy groups -OCH3 is 1. The predicted octanol–water partition coefficient (Wildman–Crippen LogP) is 2.93. The number of pyridine rings is 1. The maximum atomic E-state index is 14.1. The van der Waals surface area contributed by atoms with Gasteiger partial charge in [0.2, 0.25) is 0 Å². The van der Waals surface area contributed by atoms with E-state index in [0.717, 1.165) is 4.90 Å². The van der Waals surface area contributed by atoms with Crippen molar-refractivity contribution >= 4 is 35.3 Å². The second-order valence-corrected chi connectivity index (χ2v) is 9.32. The zero-order chi connectivity index (χ0) is 28.2. The number of aromatic nitrogens is 3. The maximum Gasteiger partial charge on any atom is 0.318 e. The van der Waals surface area contributed by atoms with Crippen LogP contribution in [0.4, 0.5) is 19.4 Å². The SMILES string of the molecule is COC[C@H](c1ccnc(NC(=O)[C@@H](NC(=O)c2ccnn2C)c2cccc(Cl)c2)c1)N1CC(F)(F)CNC1=O. The molecule has 206 valence electrons. The van der Waals surface area contributed by atoms with Gasteiger partial charge in [0.25, 0.3) is 17.7 Å². The third kappa shape index (κ3) is 6.67. The van der Waals surface area contributed by atoms with Crippen LogP contribution in [0.5, 0.6) is 0 Å². The van der Waals surface area contributed by atoms with Crippen LogP contribution in [0.3, 0.4) is 0 Å². The molecule has 0 bridgehead atoms. The highest BCUT2D eigenvalue weighted by Crippen LogP contribution is 2.29. The summed E-state index contributed by atoms with van der Waals surface area (Å²) in [4.78, 5) is 43.9. The van der Waals surface area contributed by atoms with Crippen molar-refractivity contribution in [3.63, 3.8) is 0 Å². The highest BCUT2D eigenvalue weighted by atomic mass is 35.5. The van der Waals surface area contributed by atoms with E-state index in [-0.39, 0.29) is 18.1 Å². The van der Waals surface area contributed by atoms with Gasteiger partial charge in [-0.3, -0.25) is 14.3 Å². The van der Waals surface area contributed by atoms with Crippen LogP contribution < -0.4 is 16.0 Å². The molecule has 1 aliphatic heterocycles. The molecule has 0 unspecified atom stereocenters. The smallest absolute Gasteiger partial charge is 0.318 e. The first kappa shape index (κ1) is 27.9. The molecular weight excluding hydrogens is 536 g/mol. The van der Waals surface area contributed by atoms with Crippen LogP contribution in [0.1, 0.15) is 33.7 Å². The zero-order valence-electron chi connectivity index (χ0n) is 21.0. The molecule has 0 spiro atoms. The van der Waals surface area contributed by atoms with E-state index in [1.807, 2.05) is 0 Å². The lowest BCUT2D eigenvalue weighted by atomic mass is 10.0. The van der Waals surface area contributed by atoms with Crippen LogP contribution in [-0.2, 0) is 16.6 Å². The fourth-order valence-electron chi connectivity index (χ4n) is 4.17. The second kappa shape index (κ2) is 11.7. The van der Waals surface area contributed by atoms with E-state index in [0.29, 0.717) is 16.1 Å². The van der Waals surface area contributed by atoms with Crippen LogP contribution in [0.2, 0.25) is 5.02 Å². The van der Waals surface area contributed by atoms with Crippen LogP contribution in [-0.4, -0.2) is 70.2 Å². The zero-order valence-corrected chi connectivity index (χ0v) is 21.8. The van der Waals surface area contributed by atoms with E-state index in [2.05, 4.69) is 26.0 Å². The van der Waals surface area contributed by atoms with Crippen molar-refractivity contribution in [1.82, 2.24) is 30.3 Å². The van der Waals surface area contributed by atoms with Crippen LogP contribution >= 0.6 is 11.6 Å². The number of hydrogen-bond donors (Lipinski definition) is 3. The van der Waals surface area contributed by atoms with E-state index in [1.54, 1.807) is 31.3 Å². The van der Waals surface area contributed by atoms with Crippen molar-refractivity contribution in [2.45, 2.75) is 18.0 Å². The van der Waals surface area contributed by atoms with Crippen molar-refractivity contribution in [3.8, 4) is 0 Å². The van der Waals surface area contributed by atoms with Gasteiger partial charge >= 0.3 is 6.03 Å². The van der Waals surface area contributed by atoms with Crippen molar-refractivity contribution < 1.29 is 27.9 Å². The van der Waals surface area contributed by atoms with Gasteiger partial charge in [-0.2, -0.15) is 5.10 Å². The summed E-state index contributed by atoms with van der Waals surface area (Å²) in [6.45, 7) is -1.63. The Bertz CT molecular complexity index is 1370. The largest absolute Gasteiger partial charge is 0.382 e. The average molecular weight is 562 g/mol. The molecule has 4 rings (SSSR count). The summed E-state index contributed by atoms with van der Waals surface area (Å²) in [6, 6.07) is 8.24. The lowest BCUT2D eigenvalue weighted by molar-refractivity contribution is -0.118. The summed E-state index contributed by atoms with van der Waals surface area (Å²) in [7, 11) is 2.98. The van der Waals surface area contributed by atoms with Gasteiger partial charge in [-0.25, -0.2) is 18.6 Å². The predicted molar refractivity (Wildman–Crippen MR) is 137 cm³/mol. The molecule has 1 aromatic carbocycles. The minimum absolute atomic E-state index is 0.0737. The molecule has 3 heterocycles. The second-order valence-electron chi connectivity index (χ2n) is 8.88. The Hall–Kier alpha value is -4.10. The summed E-state index contributed by atoms with van der Waals surface area (Å²) in [5, 5.41) is 11.9. The minimum atomic E-state index is -3.12. The highest BCUT2D eigenvalue weighted by molar-refractivity contribution is 6.30. The quantitative estimate of drug-likeness (QED) is 0.368. The Morgan fingerprint density at radius 2 is 2.00 bits per heavy atom. The molecule has 0 saturated carbocycles. The molecule has 11 nitrogen and oxygen atoms in total. The number of rotatable bonds is 9. The Kier molecular flexibility index (Phi) is 8.41. The molecule has 4 amide bonds. The van der Waals surface area contributed by atoms with Gasteiger partial charge in [-0.15, -0.1) is 0 Å². The van der Waals surface area contributed by atoms with Crippen molar-refractivity contribution in [2.24, 2.45) is 7.05 Å². The number of alkyl halides is 2. The van der Waals surface area contributed by atoms with Gasteiger partial charge in [-0.05, 0) is 41.5 Å². The number of carbonyl (C=O) groups excluding carboxylic acids is 3. The van der Waals surface area contributed by atoms with Crippen molar-refractivity contribution in [2.75, 3.05) is 32.1 Å². The first-order valence-corrected chi connectivity index (χ1v) is 12.2. The molecule has 1 fully saturated rings. The number of nitrogens with zero attached hydrogens (tertiary/aromatic N) is 4. The number of hydrogen-bond acceptors (Lipinski definition) is 6. The van der Waals surface area contributed by atoms with E-state index in [1.165, 1.54) is 42.4 Å². The van der Waals surface area contributed by atoms with Crippen LogP contribution in [0.25, 0.3) is 0 Å². The molecule has 2 atom stereocenters. The van der Waals surface area contributed by atoms with Gasteiger partial charge < -0.3 is 25.6 Å². The highest BCUT2D eigenvalue weighted by Gasteiger charge is 2.42. The number of benzene rings is 1. The number of halogens is 3. The summed E-state index contributed by atoms with van der Waals surface area (Å²) in [6.07, 6.45) is 2.82. The molecule has 39 heavy (non-hydrogen) atoms. The molecule has 1 aliphatic rings. The van der Waals surface area contributed by atoms with Gasteiger partial charge in [0, 0.05) is 31.6 Å². The first-order chi connectivity index (χ1) is 18.6. The van der Waals surface area contributed by atoms with E-state index >= 15 is 0 Å². The standard InChI is InChI=1S/C25H26ClF2N7O4/c1-34-18(7-9-31-34)22(36)33-21(16-4-3-5-17(26)10-16)23(37)32-20-11-15(6-8-29-20)19(12-39-2)35-14-25(27,28)13-30-24(35)38/h3-11,19,21H,12-14H2,1-2H3,(H,30,38)(H,33,36)(H,29,32,37)/t19-,21+/m1/s1. The van der Waals surface area contributed by atoms with E-state index in [4.69, 9.17) is 16.3 Å². The van der Waals surface area contributed by atoms with Crippen molar-refractivity contribution in [3.05, 3.63) is 76.7 Å². The van der Waals surface area contributed by atoms with Gasteiger partial charge in [0.1, 0.15) is 17.6 Å². The minimum Gasteiger partial charge on any atom is -0.382 e. The Labute approximate surface area is 227 Å². The first-order valence-electron chi connectivity index (χ1n) is 11.8. The third-order valence-electron chi connectivity index (χ3n) is 6.05. The monoisotopic (exact) mass is 561 g/mol. The molecule has 3 aromatic rings. The number of urea groups is 1. The number of amides is 4. The van der Waals surface area contributed by atoms with Gasteiger partial charge in [0.05, 0.1) is 25.7 Å². The summed E-state index contributed by atoms with van der Waals surface area (Å²) in [5.74, 6) is -4.23. The third-order valence-corrected chi connectivity index (χ3v) is 6.29. The molecule has 0 aliphatic carbocycles. The average Bonchev–Trinajstić information content (AvgIpc) is 3.33. The number of carbonyl (C=O) groups is 3. The molecule has 14 heteroatoms. The number of ether oxygens (including phenoxy) is 1. The maximum absolute atomic E-state index is 14.1. The Morgan fingerprint density at radius 3 is 2.69 bits per heavy atom. The van der Waals surface area contributed by atoms with E-state index in [9.17, 15) is 23.2 Å². The Balaban J connectivity index is 1.60. The normalized spacial score (nSPS) is 16.2. The summed E-state index contributed by atoms with van der Waals surface area (Å²) in [5.41, 5.74) is 1.05. The van der Waals surface area contributed by atoms with E-state index < -0.39 is 48.9 Å². The van der Waals surface area contributed by atoms with Crippen LogP contribution in [0, 0.1) is 0 Å². The number of nitrogens with one attached hydrogen (secondary N) is 3. The fraction of sp³-hybridized carbons (Fsp3) is 0.320. The topological polar surface area (TPSA) is 130 Å². The number of anilines is 1. The number of aryl methyl sites for hydroxylation is 1. The fourth-order valence-corrected chi connectivity index (χ4v) is 4.37. The lowest BCUT2D eigenvalue weighted by Gasteiger charge is -2.38.